The molecular weight excluding hydrogens is 855 g/mol. The van der Waals surface area contributed by atoms with E-state index in [2.05, 4.69) is 181 Å². The number of benzene rings is 7. The van der Waals surface area contributed by atoms with Gasteiger partial charge >= 0.3 is 0 Å². The van der Waals surface area contributed by atoms with E-state index in [0.29, 0.717) is 12.2 Å². The van der Waals surface area contributed by atoms with Gasteiger partial charge in [-0.2, -0.15) is 0 Å². The van der Waals surface area contributed by atoms with E-state index >= 15 is 8.78 Å². The van der Waals surface area contributed by atoms with Crippen LogP contribution in [0.1, 0.15) is 97.4 Å². The lowest BCUT2D eigenvalue weighted by atomic mass is 9.86. The topological polar surface area (TPSA) is 33.5 Å². The summed E-state index contributed by atoms with van der Waals surface area (Å²) in [6.45, 7) is 22.5. The van der Waals surface area contributed by atoms with Crippen LogP contribution in [-0.2, 0) is 6.42 Å². The Labute approximate surface area is 405 Å². The fourth-order valence-electron chi connectivity index (χ4n) is 10.7. The first kappa shape index (κ1) is 45.5. The molecule has 2 aromatic heterocycles. The zero-order valence-electron chi connectivity index (χ0n) is 41.4. The summed E-state index contributed by atoms with van der Waals surface area (Å²) in [5.74, 6) is 1.32. The second-order valence-corrected chi connectivity index (χ2v) is 19.5. The van der Waals surface area contributed by atoms with Crippen LogP contribution in [0.15, 0.2) is 134 Å². The minimum Gasteiger partial charge on any atom is -0.457 e. The number of aromatic nitrogens is 2. The molecule has 3 heterocycles. The molecular formula is C62H60F2N4O. The molecule has 1 aliphatic heterocycles. The van der Waals surface area contributed by atoms with Crippen molar-refractivity contribution in [1.29, 1.82) is 0 Å². The number of para-hydroxylation sites is 3. The van der Waals surface area contributed by atoms with Crippen LogP contribution in [0.3, 0.4) is 0 Å². The maximum atomic E-state index is 15.4. The molecule has 7 aromatic carbocycles. The Bertz CT molecular complexity index is 3400. The molecule has 1 aliphatic rings. The average molecular weight is 915 g/mol. The maximum Gasteiger partial charge on any atom is 0.137 e. The third kappa shape index (κ3) is 7.92. The lowest BCUT2D eigenvalue weighted by Crippen LogP contribution is -2.26. The van der Waals surface area contributed by atoms with Crippen molar-refractivity contribution >= 4 is 44.6 Å². The third-order valence-corrected chi connectivity index (χ3v) is 14.6. The van der Waals surface area contributed by atoms with Gasteiger partial charge in [-0.05, 0) is 193 Å². The lowest BCUT2D eigenvalue weighted by Gasteiger charge is -2.30. The quantitative estimate of drug-likeness (QED) is 0.129. The Morgan fingerprint density at radius 1 is 0.565 bits per heavy atom. The van der Waals surface area contributed by atoms with Crippen molar-refractivity contribution in [2.24, 2.45) is 0 Å². The molecule has 0 N–H and O–H groups in total. The molecule has 10 rings (SSSR count). The van der Waals surface area contributed by atoms with E-state index in [1.807, 2.05) is 18.3 Å². The number of hydrogen-bond acceptors (Lipinski definition) is 4. The van der Waals surface area contributed by atoms with Gasteiger partial charge in [-0.3, -0.25) is 4.57 Å². The second-order valence-electron chi connectivity index (χ2n) is 19.5. The molecule has 0 atom stereocenters. The Morgan fingerprint density at radius 2 is 1.17 bits per heavy atom. The van der Waals surface area contributed by atoms with E-state index in [4.69, 9.17) is 9.72 Å². The molecule has 0 saturated heterocycles. The Balaban J connectivity index is 1.14. The predicted octanol–water partition coefficient (Wildman–Crippen LogP) is 17.6. The lowest BCUT2D eigenvalue weighted by molar-refractivity contribution is 0.483. The van der Waals surface area contributed by atoms with Crippen molar-refractivity contribution in [3.8, 4) is 39.6 Å². The van der Waals surface area contributed by atoms with Crippen LogP contribution in [0, 0.1) is 46.3 Å². The van der Waals surface area contributed by atoms with Crippen molar-refractivity contribution in [3.05, 3.63) is 190 Å². The number of hydrogen-bond donors (Lipinski definition) is 0. The predicted molar refractivity (Wildman–Crippen MR) is 284 cm³/mol. The summed E-state index contributed by atoms with van der Waals surface area (Å²) in [7, 11) is 0. The molecule has 0 bridgehead atoms. The molecule has 0 aliphatic carbocycles. The first-order chi connectivity index (χ1) is 33.2. The van der Waals surface area contributed by atoms with Gasteiger partial charge in [0.2, 0.25) is 0 Å². The number of ether oxygens (including phenoxy) is 1. The molecule has 9 aromatic rings. The van der Waals surface area contributed by atoms with E-state index < -0.39 is 11.6 Å². The van der Waals surface area contributed by atoms with Crippen LogP contribution in [0.5, 0.6) is 11.5 Å². The highest BCUT2D eigenvalue weighted by Crippen LogP contribution is 2.51. The van der Waals surface area contributed by atoms with Gasteiger partial charge < -0.3 is 14.5 Å². The molecule has 5 nitrogen and oxygen atoms in total. The van der Waals surface area contributed by atoms with Crippen LogP contribution in [-0.4, -0.2) is 16.2 Å². The highest BCUT2D eigenvalue weighted by Gasteiger charge is 2.33. The Morgan fingerprint density at radius 3 is 1.84 bits per heavy atom. The number of anilines is 4. The van der Waals surface area contributed by atoms with Crippen LogP contribution in [0.4, 0.5) is 31.5 Å². The smallest absolute Gasteiger partial charge is 0.137 e. The number of rotatable bonds is 11. The Kier molecular flexibility index (Phi) is 11.9. The van der Waals surface area contributed by atoms with Gasteiger partial charge in [0.05, 0.1) is 28.0 Å². The summed E-state index contributed by atoms with van der Waals surface area (Å²) < 4.78 is 40.3. The van der Waals surface area contributed by atoms with Crippen LogP contribution < -0.4 is 14.5 Å². The van der Waals surface area contributed by atoms with E-state index in [1.54, 1.807) is 0 Å². The summed E-state index contributed by atoms with van der Waals surface area (Å²) in [4.78, 5) is 9.66. The minimum absolute atomic E-state index is 0.00581. The maximum absolute atomic E-state index is 15.4. The van der Waals surface area contributed by atoms with Crippen LogP contribution >= 0.6 is 0 Å². The van der Waals surface area contributed by atoms with Gasteiger partial charge in [0, 0.05) is 40.5 Å². The van der Waals surface area contributed by atoms with Crippen molar-refractivity contribution in [1.82, 2.24) is 9.55 Å². The van der Waals surface area contributed by atoms with Gasteiger partial charge in [-0.15, -0.1) is 0 Å². The van der Waals surface area contributed by atoms with Gasteiger partial charge in [-0.25, -0.2) is 13.8 Å². The first-order valence-electron chi connectivity index (χ1n) is 24.4. The fraction of sp³-hybridized carbons (Fsp3) is 0.242. The monoisotopic (exact) mass is 914 g/mol. The molecule has 0 amide bonds. The van der Waals surface area contributed by atoms with Gasteiger partial charge in [0.25, 0.3) is 0 Å². The first-order valence-corrected chi connectivity index (χ1v) is 24.4. The Hall–Kier alpha value is -7.25. The highest BCUT2D eigenvalue weighted by molar-refractivity contribution is 6.09. The number of fused-ring (bicyclic) bond motifs is 4. The third-order valence-electron chi connectivity index (χ3n) is 14.6. The molecule has 0 fully saturated rings. The SMILES string of the molecule is CCCc1ccnc(-n2c3ccccc3c3ccc(Oc4cc(-c5c(C)c(C)c(C)c(C)c5C)cc(N5CN(c6c(C(C)C)cc(-c7c(F)cccc7F)cc6C(C)C)c6ccccc65)c4)cc32)c1. The van der Waals surface area contributed by atoms with Crippen molar-refractivity contribution in [3.63, 3.8) is 0 Å². The van der Waals surface area contributed by atoms with E-state index in [9.17, 15) is 0 Å². The molecule has 0 unspecified atom stereocenters. The van der Waals surface area contributed by atoms with Gasteiger partial charge in [0.15, 0.2) is 0 Å². The number of halogens is 2. The minimum atomic E-state index is -0.566. The largest absolute Gasteiger partial charge is 0.457 e. The number of nitrogens with zero attached hydrogens (tertiary/aromatic N) is 4. The molecule has 0 spiro atoms. The number of pyridine rings is 1. The van der Waals surface area contributed by atoms with Crippen LogP contribution in [0.25, 0.3) is 49.9 Å². The summed E-state index contributed by atoms with van der Waals surface area (Å²) in [6.07, 6.45) is 3.96. The zero-order valence-corrected chi connectivity index (χ0v) is 41.4. The molecule has 0 saturated carbocycles. The molecule has 0 radical (unpaired) electrons. The van der Waals surface area contributed by atoms with E-state index in [1.165, 1.54) is 57.1 Å². The van der Waals surface area contributed by atoms with Gasteiger partial charge in [0.1, 0.15) is 35.6 Å². The highest BCUT2D eigenvalue weighted by atomic mass is 19.1. The summed E-state index contributed by atoms with van der Waals surface area (Å²) in [6, 6.07) is 42.5. The van der Waals surface area contributed by atoms with E-state index in [-0.39, 0.29) is 17.4 Å². The standard InChI is InChI=1S/C62H60F2N4O/c1-11-17-43-26-27-65-59(28-43)68-55-21-13-12-18-49(55)50-25-24-47(34-58(50)68)69-48-30-44(60-41(9)39(7)38(6)40(8)42(60)10)29-46(33-48)66-35-67(57-23-15-14-22-56(57)66)62-51(36(2)3)31-45(32-52(62)37(4)5)61-53(63)19-16-20-54(61)64/h12-16,18-34,36-37H,11,17,35H2,1-10H3. The fourth-order valence-corrected chi connectivity index (χ4v) is 10.7. The van der Waals surface area contributed by atoms with Crippen molar-refractivity contribution in [2.75, 3.05) is 16.5 Å². The zero-order chi connectivity index (χ0) is 48.4. The summed E-state index contributed by atoms with van der Waals surface area (Å²) in [5.41, 5.74) is 18.8. The normalized spacial score (nSPS) is 12.6. The van der Waals surface area contributed by atoms with Crippen molar-refractivity contribution < 1.29 is 13.5 Å². The second kappa shape index (κ2) is 18.0. The van der Waals surface area contributed by atoms with Crippen LogP contribution in [0.2, 0.25) is 0 Å². The van der Waals surface area contributed by atoms with E-state index in [0.717, 1.165) is 91.4 Å². The average Bonchev–Trinajstić information content (AvgIpc) is 3.88. The number of aryl methyl sites for hydroxylation is 1. The molecule has 69 heavy (non-hydrogen) atoms. The van der Waals surface area contributed by atoms with Crippen molar-refractivity contribution in [2.45, 2.75) is 93.9 Å². The summed E-state index contributed by atoms with van der Waals surface area (Å²) >= 11 is 0. The van der Waals surface area contributed by atoms with Gasteiger partial charge in [-0.1, -0.05) is 77.4 Å². The summed E-state index contributed by atoms with van der Waals surface area (Å²) in [5, 5.41) is 2.30. The molecule has 348 valence electrons. The molecule has 7 heteroatoms.